The van der Waals surface area contributed by atoms with Gasteiger partial charge in [0.05, 0.1) is 18.6 Å². The largest absolute Gasteiger partial charge is 0.481 e. The van der Waals surface area contributed by atoms with Crippen molar-refractivity contribution in [1.82, 2.24) is 0 Å². The highest BCUT2D eigenvalue weighted by atomic mass is 16.7. The normalized spacial score (nSPS) is 24.6. The Bertz CT molecular complexity index is 491. The minimum Gasteiger partial charge on any atom is -0.481 e. The van der Waals surface area contributed by atoms with E-state index in [1.807, 2.05) is 18.2 Å². The van der Waals surface area contributed by atoms with Gasteiger partial charge in [-0.15, -0.1) is 0 Å². The highest BCUT2D eigenvalue weighted by Gasteiger charge is 2.26. The van der Waals surface area contributed by atoms with Gasteiger partial charge in [-0.05, 0) is 43.4 Å². The van der Waals surface area contributed by atoms with Crippen LogP contribution in [0.5, 0.6) is 11.5 Å². The maximum Gasteiger partial charge on any atom is 0.306 e. The molecule has 0 spiro atoms. The molecule has 5 nitrogen and oxygen atoms in total. The summed E-state index contributed by atoms with van der Waals surface area (Å²) in [6.07, 6.45) is 3.22. The van der Waals surface area contributed by atoms with Gasteiger partial charge in [0.15, 0.2) is 11.5 Å². The summed E-state index contributed by atoms with van der Waals surface area (Å²) in [5.74, 6) is 0.663. The minimum atomic E-state index is -0.681. The third-order valence-electron chi connectivity index (χ3n) is 3.95. The van der Waals surface area contributed by atoms with Gasteiger partial charge in [0.1, 0.15) is 0 Å². The summed E-state index contributed by atoms with van der Waals surface area (Å²) in [7, 11) is 0. The zero-order chi connectivity index (χ0) is 13.9. The third-order valence-corrected chi connectivity index (χ3v) is 3.95. The Kier molecular flexibility index (Phi) is 3.78. The smallest absolute Gasteiger partial charge is 0.306 e. The number of carboxylic acid groups (broad SMARTS) is 1. The van der Waals surface area contributed by atoms with Crippen molar-refractivity contribution in [1.29, 1.82) is 0 Å². The summed E-state index contributed by atoms with van der Waals surface area (Å²) in [6.45, 7) is 0.803. The summed E-state index contributed by atoms with van der Waals surface area (Å²) in [5, 5.41) is 8.96. The molecule has 1 heterocycles. The lowest BCUT2D eigenvalue weighted by Crippen LogP contribution is -2.25. The van der Waals surface area contributed by atoms with Gasteiger partial charge in [0, 0.05) is 0 Å². The Morgan fingerprint density at radius 2 is 1.95 bits per heavy atom. The van der Waals surface area contributed by atoms with E-state index in [-0.39, 0.29) is 18.8 Å². The lowest BCUT2D eigenvalue weighted by molar-refractivity contribution is -0.143. The van der Waals surface area contributed by atoms with Crippen LogP contribution in [-0.2, 0) is 16.1 Å². The summed E-state index contributed by atoms with van der Waals surface area (Å²) in [4.78, 5) is 10.9. The van der Waals surface area contributed by atoms with Gasteiger partial charge in [-0.1, -0.05) is 6.07 Å². The SMILES string of the molecule is O=C(O)C1CCC(OCc2ccc3c(c2)OCO3)CC1. The van der Waals surface area contributed by atoms with Crippen molar-refractivity contribution >= 4 is 5.97 Å². The number of carboxylic acids is 1. The first-order valence-corrected chi connectivity index (χ1v) is 6.95. The molecule has 0 saturated heterocycles. The molecule has 0 atom stereocenters. The summed E-state index contributed by atoms with van der Waals surface area (Å²) in [6, 6.07) is 5.80. The lowest BCUT2D eigenvalue weighted by atomic mass is 9.87. The van der Waals surface area contributed by atoms with Crippen LogP contribution in [0, 0.1) is 5.92 Å². The van der Waals surface area contributed by atoms with Crippen LogP contribution in [0.1, 0.15) is 31.2 Å². The van der Waals surface area contributed by atoms with E-state index in [0.29, 0.717) is 19.4 Å². The molecule has 1 aliphatic carbocycles. The molecule has 1 N–H and O–H groups in total. The van der Waals surface area contributed by atoms with Crippen LogP contribution in [0.2, 0.25) is 0 Å². The second-order valence-electron chi connectivity index (χ2n) is 5.31. The predicted octanol–water partition coefficient (Wildman–Crippen LogP) is 2.58. The summed E-state index contributed by atoms with van der Waals surface area (Å²) < 4.78 is 16.5. The number of rotatable bonds is 4. The van der Waals surface area contributed by atoms with E-state index < -0.39 is 5.97 Å². The van der Waals surface area contributed by atoms with Crippen LogP contribution >= 0.6 is 0 Å². The number of hydrogen-bond donors (Lipinski definition) is 1. The number of aliphatic carboxylic acids is 1. The molecular formula is C15H18O5. The topological polar surface area (TPSA) is 65.0 Å². The zero-order valence-electron chi connectivity index (χ0n) is 11.2. The van der Waals surface area contributed by atoms with Crippen LogP contribution in [0.4, 0.5) is 0 Å². The first kappa shape index (κ1) is 13.2. The fourth-order valence-corrected chi connectivity index (χ4v) is 2.72. The summed E-state index contributed by atoms with van der Waals surface area (Å²) in [5.41, 5.74) is 1.05. The molecule has 1 aromatic rings. The Hall–Kier alpha value is -1.75. The number of hydrogen-bond acceptors (Lipinski definition) is 4. The quantitative estimate of drug-likeness (QED) is 0.917. The monoisotopic (exact) mass is 278 g/mol. The Balaban J connectivity index is 1.49. The second kappa shape index (κ2) is 5.71. The molecule has 1 aliphatic heterocycles. The van der Waals surface area contributed by atoms with Gasteiger partial charge in [0.2, 0.25) is 6.79 Å². The molecule has 108 valence electrons. The fraction of sp³-hybridized carbons (Fsp3) is 0.533. The van der Waals surface area contributed by atoms with E-state index in [2.05, 4.69) is 0 Å². The summed E-state index contributed by atoms with van der Waals surface area (Å²) >= 11 is 0. The molecule has 0 radical (unpaired) electrons. The minimum absolute atomic E-state index is 0.163. The molecule has 1 saturated carbocycles. The van der Waals surface area contributed by atoms with Gasteiger partial charge < -0.3 is 19.3 Å². The molecule has 0 aromatic heterocycles. The number of carbonyl (C=O) groups is 1. The van der Waals surface area contributed by atoms with Crippen LogP contribution in [0.25, 0.3) is 0 Å². The average Bonchev–Trinajstić information content (AvgIpc) is 2.93. The van der Waals surface area contributed by atoms with Gasteiger partial charge in [0.25, 0.3) is 0 Å². The molecule has 1 fully saturated rings. The number of fused-ring (bicyclic) bond motifs is 1. The first-order chi connectivity index (χ1) is 9.72. The van der Waals surface area contributed by atoms with E-state index in [0.717, 1.165) is 29.9 Å². The highest BCUT2D eigenvalue weighted by Crippen LogP contribution is 2.33. The van der Waals surface area contributed by atoms with E-state index in [1.165, 1.54) is 0 Å². The van der Waals surface area contributed by atoms with E-state index in [1.54, 1.807) is 0 Å². The Labute approximate surface area is 117 Å². The Morgan fingerprint density at radius 3 is 2.70 bits per heavy atom. The molecule has 1 aromatic carbocycles. The number of benzene rings is 1. The van der Waals surface area contributed by atoms with Crippen molar-refractivity contribution < 1.29 is 24.1 Å². The maximum atomic E-state index is 10.9. The van der Waals surface area contributed by atoms with E-state index in [9.17, 15) is 4.79 Å². The second-order valence-corrected chi connectivity index (χ2v) is 5.31. The number of ether oxygens (including phenoxy) is 3. The van der Waals surface area contributed by atoms with Crippen LogP contribution < -0.4 is 9.47 Å². The predicted molar refractivity (Wildman–Crippen MR) is 70.7 cm³/mol. The lowest BCUT2D eigenvalue weighted by Gasteiger charge is -2.26. The van der Waals surface area contributed by atoms with Gasteiger partial charge in [-0.3, -0.25) is 4.79 Å². The van der Waals surface area contributed by atoms with Crippen molar-refractivity contribution in [3.63, 3.8) is 0 Å². The van der Waals surface area contributed by atoms with Gasteiger partial charge >= 0.3 is 5.97 Å². The highest BCUT2D eigenvalue weighted by molar-refractivity contribution is 5.70. The molecule has 0 unspecified atom stereocenters. The Morgan fingerprint density at radius 1 is 1.20 bits per heavy atom. The van der Waals surface area contributed by atoms with Crippen molar-refractivity contribution in [2.24, 2.45) is 5.92 Å². The molecule has 5 heteroatoms. The third kappa shape index (κ3) is 2.88. The van der Waals surface area contributed by atoms with Crippen molar-refractivity contribution in [3.05, 3.63) is 23.8 Å². The molecule has 2 aliphatic rings. The van der Waals surface area contributed by atoms with Crippen LogP contribution in [-0.4, -0.2) is 24.0 Å². The maximum absolute atomic E-state index is 10.9. The zero-order valence-corrected chi connectivity index (χ0v) is 11.2. The fourth-order valence-electron chi connectivity index (χ4n) is 2.72. The standard InChI is InChI=1S/C15H18O5/c16-15(17)11-2-4-12(5-3-11)18-8-10-1-6-13-14(7-10)20-9-19-13/h1,6-7,11-12H,2-5,8-9H2,(H,16,17). The van der Waals surface area contributed by atoms with Crippen LogP contribution in [0.15, 0.2) is 18.2 Å². The molecule has 3 rings (SSSR count). The molecular weight excluding hydrogens is 260 g/mol. The van der Waals surface area contributed by atoms with Gasteiger partial charge in [-0.2, -0.15) is 0 Å². The van der Waals surface area contributed by atoms with Crippen molar-refractivity contribution in [2.45, 2.75) is 38.4 Å². The first-order valence-electron chi connectivity index (χ1n) is 6.95. The van der Waals surface area contributed by atoms with E-state index in [4.69, 9.17) is 19.3 Å². The van der Waals surface area contributed by atoms with Crippen molar-refractivity contribution in [2.75, 3.05) is 6.79 Å². The average molecular weight is 278 g/mol. The van der Waals surface area contributed by atoms with Gasteiger partial charge in [-0.25, -0.2) is 0 Å². The molecule has 0 bridgehead atoms. The molecule has 20 heavy (non-hydrogen) atoms. The molecule has 0 amide bonds. The van der Waals surface area contributed by atoms with E-state index >= 15 is 0 Å². The van der Waals surface area contributed by atoms with Crippen LogP contribution in [0.3, 0.4) is 0 Å². The van der Waals surface area contributed by atoms with Crippen molar-refractivity contribution in [3.8, 4) is 11.5 Å².